The van der Waals surface area contributed by atoms with Crippen LogP contribution in [-0.4, -0.2) is 22.7 Å². The third-order valence-corrected chi connectivity index (χ3v) is 3.75. The minimum atomic E-state index is -0.546. The van der Waals surface area contributed by atoms with Gasteiger partial charge in [0.05, 0.1) is 5.69 Å². The van der Waals surface area contributed by atoms with Crippen LogP contribution in [0.25, 0.3) is 0 Å². The number of aliphatic hydroxyl groups is 1. The second-order valence-electron chi connectivity index (χ2n) is 5.10. The molecule has 2 unspecified atom stereocenters. The number of para-hydroxylation sites is 1. The van der Waals surface area contributed by atoms with E-state index in [1.54, 1.807) is 6.20 Å². The number of β-amino-alcohol motifs (C(OH)–C–C–N with tert-alkyl or cyclic N) is 1. The molecular formula is C16H18N2O. The number of benzene rings is 1. The van der Waals surface area contributed by atoms with Crippen molar-refractivity contribution < 1.29 is 5.11 Å². The number of fused-ring (bicyclic) bond motifs is 1. The molecular weight excluding hydrogens is 236 g/mol. The first-order valence-electron chi connectivity index (χ1n) is 6.69. The van der Waals surface area contributed by atoms with Crippen LogP contribution in [0.5, 0.6) is 0 Å². The number of aliphatic hydroxyl groups excluding tert-OH is 1. The van der Waals surface area contributed by atoms with Gasteiger partial charge in [0.1, 0.15) is 6.10 Å². The van der Waals surface area contributed by atoms with Gasteiger partial charge < -0.3 is 10.0 Å². The molecule has 3 rings (SSSR count). The molecule has 1 aliphatic heterocycles. The molecule has 0 radical (unpaired) electrons. The van der Waals surface area contributed by atoms with Crippen molar-refractivity contribution >= 4 is 5.69 Å². The monoisotopic (exact) mass is 254 g/mol. The molecule has 2 heterocycles. The van der Waals surface area contributed by atoms with Crippen LogP contribution in [0, 0.1) is 0 Å². The smallest absolute Gasteiger partial charge is 0.113 e. The quantitative estimate of drug-likeness (QED) is 0.914. The largest absolute Gasteiger partial charge is 0.385 e. The molecule has 2 aromatic rings. The summed E-state index contributed by atoms with van der Waals surface area (Å²) >= 11 is 0. The molecule has 0 fully saturated rings. The van der Waals surface area contributed by atoms with Gasteiger partial charge in [-0.05, 0) is 37.1 Å². The molecule has 3 nitrogen and oxygen atoms in total. The Balaban J connectivity index is 1.80. The van der Waals surface area contributed by atoms with E-state index >= 15 is 0 Å². The average Bonchev–Trinajstić information content (AvgIpc) is 2.76. The Labute approximate surface area is 113 Å². The fourth-order valence-electron chi connectivity index (χ4n) is 2.76. The predicted octanol–water partition coefficient (Wildman–Crippen LogP) is 2.57. The van der Waals surface area contributed by atoms with Gasteiger partial charge >= 0.3 is 0 Å². The Kier molecular flexibility index (Phi) is 3.22. The molecule has 1 aromatic heterocycles. The lowest BCUT2D eigenvalue weighted by atomic mass is 10.1. The van der Waals surface area contributed by atoms with Crippen molar-refractivity contribution in [3.63, 3.8) is 0 Å². The van der Waals surface area contributed by atoms with Crippen LogP contribution < -0.4 is 4.90 Å². The van der Waals surface area contributed by atoms with Gasteiger partial charge in [-0.25, -0.2) is 0 Å². The van der Waals surface area contributed by atoms with Gasteiger partial charge in [-0.2, -0.15) is 0 Å². The minimum Gasteiger partial charge on any atom is -0.385 e. The van der Waals surface area contributed by atoms with E-state index in [-0.39, 0.29) is 0 Å². The van der Waals surface area contributed by atoms with E-state index < -0.39 is 6.10 Å². The van der Waals surface area contributed by atoms with Gasteiger partial charge in [-0.3, -0.25) is 4.98 Å². The molecule has 0 spiro atoms. The molecule has 1 aromatic carbocycles. The average molecular weight is 254 g/mol. The molecule has 0 amide bonds. The summed E-state index contributed by atoms with van der Waals surface area (Å²) in [5.41, 5.74) is 3.34. The number of hydrogen-bond donors (Lipinski definition) is 1. The van der Waals surface area contributed by atoms with Crippen LogP contribution in [0.4, 0.5) is 5.69 Å². The number of anilines is 1. The summed E-state index contributed by atoms with van der Waals surface area (Å²) in [4.78, 5) is 6.50. The van der Waals surface area contributed by atoms with Crippen molar-refractivity contribution in [1.29, 1.82) is 0 Å². The van der Waals surface area contributed by atoms with Gasteiger partial charge in [0, 0.05) is 24.5 Å². The van der Waals surface area contributed by atoms with Gasteiger partial charge in [-0.1, -0.05) is 24.3 Å². The van der Waals surface area contributed by atoms with E-state index in [0.717, 1.165) is 12.1 Å². The second kappa shape index (κ2) is 5.02. The number of aromatic nitrogens is 1. The molecule has 3 heteroatoms. The lowest BCUT2D eigenvalue weighted by Crippen LogP contribution is -2.33. The van der Waals surface area contributed by atoms with E-state index in [0.29, 0.717) is 12.6 Å². The van der Waals surface area contributed by atoms with Gasteiger partial charge in [0.25, 0.3) is 0 Å². The summed E-state index contributed by atoms with van der Waals surface area (Å²) < 4.78 is 0. The van der Waals surface area contributed by atoms with Crippen LogP contribution in [0.2, 0.25) is 0 Å². The normalized spacial score (nSPS) is 19.3. The SMILES string of the molecule is CC1Cc2ccccc2N1CC(O)c1ccccn1. The topological polar surface area (TPSA) is 36.4 Å². The first kappa shape index (κ1) is 12.2. The number of hydrogen-bond acceptors (Lipinski definition) is 3. The fourth-order valence-corrected chi connectivity index (χ4v) is 2.76. The van der Waals surface area contributed by atoms with Crippen molar-refractivity contribution in [2.75, 3.05) is 11.4 Å². The minimum absolute atomic E-state index is 0.427. The van der Waals surface area contributed by atoms with Gasteiger partial charge in [0.2, 0.25) is 0 Å². The van der Waals surface area contributed by atoms with E-state index in [9.17, 15) is 5.11 Å². The third kappa shape index (κ3) is 2.34. The van der Waals surface area contributed by atoms with Crippen molar-refractivity contribution in [3.05, 3.63) is 59.9 Å². The summed E-state index contributed by atoms with van der Waals surface area (Å²) in [6, 6.07) is 14.5. The van der Waals surface area contributed by atoms with Crippen LogP contribution in [-0.2, 0) is 6.42 Å². The maximum absolute atomic E-state index is 10.3. The van der Waals surface area contributed by atoms with Crippen LogP contribution in [0.3, 0.4) is 0 Å². The summed E-state index contributed by atoms with van der Waals surface area (Å²) in [5.74, 6) is 0. The zero-order chi connectivity index (χ0) is 13.2. The number of nitrogens with zero attached hydrogens (tertiary/aromatic N) is 2. The highest BCUT2D eigenvalue weighted by molar-refractivity contribution is 5.59. The molecule has 98 valence electrons. The Hall–Kier alpha value is -1.87. The Morgan fingerprint density at radius 2 is 2.05 bits per heavy atom. The maximum atomic E-state index is 10.3. The summed E-state index contributed by atoms with van der Waals surface area (Å²) in [6.07, 6.45) is 2.22. The van der Waals surface area contributed by atoms with Crippen molar-refractivity contribution in [3.8, 4) is 0 Å². The second-order valence-corrected chi connectivity index (χ2v) is 5.10. The van der Waals surface area contributed by atoms with Crippen LogP contribution in [0.15, 0.2) is 48.7 Å². The number of rotatable bonds is 3. The Bertz CT molecular complexity index is 556. The van der Waals surface area contributed by atoms with E-state index in [1.807, 2.05) is 18.2 Å². The molecule has 0 bridgehead atoms. The predicted molar refractivity (Wildman–Crippen MR) is 76.2 cm³/mol. The first-order valence-corrected chi connectivity index (χ1v) is 6.69. The maximum Gasteiger partial charge on any atom is 0.113 e. The lowest BCUT2D eigenvalue weighted by Gasteiger charge is -2.27. The van der Waals surface area contributed by atoms with Crippen LogP contribution in [0.1, 0.15) is 24.3 Å². The van der Waals surface area contributed by atoms with Gasteiger partial charge in [0.15, 0.2) is 0 Å². The molecule has 2 atom stereocenters. The molecule has 19 heavy (non-hydrogen) atoms. The zero-order valence-corrected chi connectivity index (χ0v) is 11.0. The standard InChI is InChI=1S/C16H18N2O/c1-12-10-13-6-2-3-8-15(13)18(12)11-16(19)14-7-4-5-9-17-14/h2-9,12,16,19H,10-11H2,1H3. The van der Waals surface area contributed by atoms with Crippen molar-refractivity contribution in [2.24, 2.45) is 0 Å². The van der Waals surface area contributed by atoms with E-state index in [2.05, 4.69) is 41.1 Å². The van der Waals surface area contributed by atoms with E-state index in [4.69, 9.17) is 0 Å². The Morgan fingerprint density at radius 1 is 1.26 bits per heavy atom. The highest BCUT2D eigenvalue weighted by Gasteiger charge is 2.27. The van der Waals surface area contributed by atoms with Crippen molar-refractivity contribution in [2.45, 2.75) is 25.5 Å². The van der Waals surface area contributed by atoms with Crippen LogP contribution >= 0.6 is 0 Å². The van der Waals surface area contributed by atoms with Crippen molar-refractivity contribution in [1.82, 2.24) is 4.98 Å². The van der Waals surface area contributed by atoms with Gasteiger partial charge in [-0.15, -0.1) is 0 Å². The molecule has 0 saturated carbocycles. The molecule has 1 aliphatic rings. The Morgan fingerprint density at radius 3 is 2.84 bits per heavy atom. The summed E-state index contributed by atoms with van der Waals surface area (Å²) in [7, 11) is 0. The highest BCUT2D eigenvalue weighted by atomic mass is 16.3. The highest BCUT2D eigenvalue weighted by Crippen LogP contribution is 2.32. The zero-order valence-electron chi connectivity index (χ0n) is 11.0. The first-order chi connectivity index (χ1) is 9.25. The summed E-state index contributed by atoms with van der Waals surface area (Å²) in [5, 5.41) is 10.3. The summed E-state index contributed by atoms with van der Waals surface area (Å²) in [6.45, 7) is 2.79. The fraction of sp³-hybridized carbons (Fsp3) is 0.312. The molecule has 0 saturated heterocycles. The number of pyridine rings is 1. The third-order valence-electron chi connectivity index (χ3n) is 3.75. The molecule has 0 aliphatic carbocycles. The van der Waals surface area contributed by atoms with E-state index in [1.165, 1.54) is 11.3 Å². The molecule has 1 N–H and O–H groups in total. The lowest BCUT2D eigenvalue weighted by molar-refractivity contribution is 0.177.